The Bertz CT molecular complexity index is 635. The van der Waals surface area contributed by atoms with Crippen LogP contribution in [0, 0.1) is 0 Å². The molecule has 1 aromatic carbocycles. The van der Waals surface area contributed by atoms with Crippen LogP contribution in [0.5, 0.6) is 0 Å². The highest BCUT2D eigenvalue weighted by atomic mass is 35.5. The maximum absolute atomic E-state index is 12.8. The standard InChI is InChI=1S/C14H19ClN2O3S/c15-13-4-3-11(10-18)8-14(13)21(19,20)17-7-6-16-5-1-2-12(16)9-17/h3-4,8,12,18H,1-2,5-7,9-10H2. The zero-order valence-electron chi connectivity index (χ0n) is 11.7. The van der Waals surface area contributed by atoms with Crippen molar-refractivity contribution in [3.63, 3.8) is 0 Å². The zero-order chi connectivity index (χ0) is 15.0. The summed E-state index contributed by atoms with van der Waals surface area (Å²) in [5.74, 6) is 0. The molecule has 3 rings (SSSR count). The molecule has 2 saturated heterocycles. The number of rotatable bonds is 3. The summed E-state index contributed by atoms with van der Waals surface area (Å²) in [7, 11) is -3.60. The van der Waals surface area contributed by atoms with Crippen molar-refractivity contribution in [2.45, 2.75) is 30.4 Å². The topological polar surface area (TPSA) is 60.9 Å². The van der Waals surface area contributed by atoms with Gasteiger partial charge in [0.2, 0.25) is 10.0 Å². The molecule has 2 heterocycles. The van der Waals surface area contributed by atoms with Crippen LogP contribution in [0.2, 0.25) is 5.02 Å². The van der Waals surface area contributed by atoms with Crippen LogP contribution >= 0.6 is 11.6 Å². The largest absolute Gasteiger partial charge is 0.392 e. The van der Waals surface area contributed by atoms with Crippen molar-refractivity contribution in [3.8, 4) is 0 Å². The lowest BCUT2D eigenvalue weighted by molar-refractivity contribution is 0.158. The van der Waals surface area contributed by atoms with Gasteiger partial charge in [-0.05, 0) is 37.1 Å². The number of nitrogens with zero attached hydrogens (tertiary/aromatic N) is 2. The molecule has 0 spiro atoms. The van der Waals surface area contributed by atoms with Gasteiger partial charge in [0, 0.05) is 25.7 Å². The minimum absolute atomic E-state index is 0.0992. The van der Waals surface area contributed by atoms with E-state index in [1.54, 1.807) is 6.07 Å². The van der Waals surface area contributed by atoms with Crippen LogP contribution in [0.25, 0.3) is 0 Å². The smallest absolute Gasteiger partial charge is 0.244 e. The molecule has 2 aliphatic rings. The van der Waals surface area contributed by atoms with E-state index in [2.05, 4.69) is 4.90 Å². The number of sulfonamides is 1. The van der Waals surface area contributed by atoms with Crippen LogP contribution in [-0.4, -0.2) is 55.0 Å². The normalized spacial score (nSPS) is 24.2. The number of aliphatic hydroxyl groups is 1. The van der Waals surface area contributed by atoms with E-state index < -0.39 is 10.0 Å². The molecule has 21 heavy (non-hydrogen) atoms. The molecule has 0 aromatic heterocycles. The summed E-state index contributed by atoms with van der Waals surface area (Å²) in [5, 5.41) is 9.40. The second kappa shape index (κ2) is 5.85. The maximum atomic E-state index is 12.8. The fourth-order valence-corrected chi connectivity index (χ4v) is 5.16. The van der Waals surface area contributed by atoms with Crippen molar-refractivity contribution in [3.05, 3.63) is 28.8 Å². The molecule has 1 atom stereocenters. The Morgan fingerprint density at radius 1 is 1.29 bits per heavy atom. The molecule has 2 aliphatic heterocycles. The lowest BCUT2D eigenvalue weighted by Crippen LogP contribution is -2.51. The fraction of sp³-hybridized carbons (Fsp3) is 0.571. The number of hydrogen-bond acceptors (Lipinski definition) is 4. The van der Waals surface area contributed by atoms with Gasteiger partial charge in [-0.2, -0.15) is 4.31 Å². The van der Waals surface area contributed by atoms with Crippen LogP contribution in [-0.2, 0) is 16.6 Å². The maximum Gasteiger partial charge on any atom is 0.244 e. The Labute approximate surface area is 130 Å². The summed E-state index contributed by atoms with van der Waals surface area (Å²) < 4.78 is 27.1. The highest BCUT2D eigenvalue weighted by molar-refractivity contribution is 7.89. The number of halogens is 1. The second-order valence-corrected chi connectivity index (χ2v) is 7.93. The molecule has 0 aliphatic carbocycles. The minimum atomic E-state index is -3.60. The number of aliphatic hydroxyl groups excluding tert-OH is 1. The van der Waals surface area contributed by atoms with Crippen molar-refractivity contribution in [2.75, 3.05) is 26.2 Å². The van der Waals surface area contributed by atoms with Crippen molar-refractivity contribution >= 4 is 21.6 Å². The van der Waals surface area contributed by atoms with E-state index >= 15 is 0 Å². The average molecular weight is 331 g/mol. The predicted octanol–water partition coefficient (Wildman–Crippen LogP) is 1.30. The summed E-state index contributed by atoms with van der Waals surface area (Å²) in [6, 6.07) is 4.97. The van der Waals surface area contributed by atoms with Gasteiger partial charge in [0.15, 0.2) is 0 Å². The van der Waals surface area contributed by atoms with Gasteiger partial charge >= 0.3 is 0 Å². The zero-order valence-corrected chi connectivity index (χ0v) is 13.3. The molecule has 5 nitrogen and oxygen atoms in total. The molecule has 2 fully saturated rings. The predicted molar refractivity (Wildman–Crippen MR) is 80.7 cm³/mol. The number of hydrogen-bond donors (Lipinski definition) is 1. The van der Waals surface area contributed by atoms with Gasteiger partial charge in [0.1, 0.15) is 4.90 Å². The van der Waals surface area contributed by atoms with Crippen molar-refractivity contribution < 1.29 is 13.5 Å². The molecule has 1 N–H and O–H groups in total. The Kier molecular flexibility index (Phi) is 4.25. The first-order valence-corrected chi connectivity index (χ1v) is 8.97. The average Bonchev–Trinajstić information content (AvgIpc) is 2.95. The van der Waals surface area contributed by atoms with Gasteiger partial charge in [-0.15, -0.1) is 0 Å². The van der Waals surface area contributed by atoms with Crippen molar-refractivity contribution in [1.29, 1.82) is 0 Å². The summed E-state index contributed by atoms with van der Waals surface area (Å²) in [6.45, 7) is 2.68. The third kappa shape index (κ3) is 2.83. The Morgan fingerprint density at radius 3 is 2.86 bits per heavy atom. The molecule has 0 amide bonds. The highest BCUT2D eigenvalue weighted by Crippen LogP contribution is 2.29. The summed E-state index contributed by atoms with van der Waals surface area (Å²) in [6.07, 6.45) is 2.19. The lowest BCUT2D eigenvalue weighted by Gasteiger charge is -2.36. The first kappa shape index (κ1) is 15.2. The quantitative estimate of drug-likeness (QED) is 0.907. The SMILES string of the molecule is O=S(=O)(c1cc(CO)ccc1Cl)N1CCN2CCCC2C1. The molecular formula is C14H19ClN2O3S. The van der Waals surface area contributed by atoms with E-state index in [0.717, 1.165) is 25.9 Å². The van der Waals surface area contributed by atoms with E-state index in [4.69, 9.17) is 11.6 Å². The van der Waals surface area contributed by atoms with Crippen LogP contribution < -0.4 is 0 Å². The van der Waals surface area contributed by atoms with Gasteiger partial charge in [0.05, 0.1) is 11.6 Å². The van der Waals surface area contributed by atoms with Gasteiger partial charge in [-0.25, -0.2) is 8.42 Å². The Balaban J connectivity index is 1.90. The Hall–Kier alpha value is -0.660. The first-order chi connectivity index (χ1) is 10.0. The van der Waals surface area contributed by atoms with Crippen LogP contribution in [0.4, 0.5) is 0 Å². The van der Waals surface area contributed by atoms with Crippen LogP contribution in [0.15, 0.2) is 23.1 Å². The molecule has 7 heteroatoms. The van der Waals surface area contributed by atoms with Gasteiger partial charge in [-0.3, -0.25) is 4.90 Å². The van der Waals surface area contributed by atoms with E-state index in [9.17, 15) is 13.5 Å². The summed E-state index contributed by atoms with van der Waals surface area (Å²) in [5.41, 5.74) is 0.553. The lowest BCUT2D eigenvalue weighted by atomic mass is 10.2. The molecule has 0 bridgehead atoms. The number of piperazine rings is 1. The molecular weight excluding hydrogens is 312 g/mol. The summed E-state index contributed by atoms with van der Waals surface area (Å²) in [4.78, 5) is 2.46. The third-order valence-electron chi connectivity index (χ3n) is 4.35. The number of benzene rings is 1. The van der Waals surface area contributed by atoms with Crippen molar-refractivity contribution in [2.24, 2.45) is 0 Å². The number of fused-ring (bicyclic) bond motifs is 1. The molecule has 1 unspecified atom stereocenters. The van der Waals surface area contributed by atoms with E-state index in [-0.39, 0.29) is 16.5 Å². The first-order valence-electron chi connectivity index (χ1n) is 7.16. The highest BCUT2D eigenvalue weighted by Gasteiger charge is 2.36. The summed E-state index contributed by atoms with van der Waals surface area (Å²) >= 11 is 6.07. The van der Waals surface area contributed by atoms with E-state index in [0.29, 0.717) is 24.7 Å². The second-order valence-electron chi connectivity index (χ2n) is 5.62. The van der Waals surface area contributed by atoms with E-state index in [1.165, 1.54) is 16.4 Å². The Morgan fingerprint density at radius 2 is 2.10 bits per heavy atom. The van der Waals surface area contributed by atoms with E-state index in [1.807, 2.05) is 0 Å². The van der Waals surface area contributed by atoms with Gasteiger partial charge in [-0.1, -0.05) is 17.7 Å². The van der Waals surface area contributed by atoms with Gasteiger partial charge < -0.3 is 5.11 Å². The third-order valence-corrected chi connectivity index (χ3v) is 6.69. The molecule has 116 valence electrons. The minimum Gasteiger partial charge on any atom is -0.392 e. The van der Waals surface area contributed by atoms with Crippen molar-refractivity contribution in [1.82, 2.24) is 9.21 Å². The fourth-order valence-electron chi connectivity index (χ4n) is 3.16. The van der Waals surface area contributed by atoms with Crippen LogP contribution in [0.3, 0.4) is 0 Å². The van der Waals surface area contributed by atoms with Gasteiger partial charge in [0.25, 0.3) is 0 Å². The molecule has 0 saturated carbocycles. The van der Waals surface area contributed by atoms with Crippen LogP contribution in [0.1, 0.15) is 18.4 Å². The molecule has 0 radical (unpaired) electrons. The monoisotopic (exact) mass is 330 g/mol. The molecule has 1 aromatic rings.